The van der Waals surface area contributed by atoms with Crippen molar-refractivity contribution in [2.24, 2.45) is 0 Å². The Balaban J connectivity index is 2.24. The van der Waals surface area contributed by atoms with Crippen molar-refractivity contribution >= 4 is 5.97 Å². The molecule has 0 saturated heterocycles. The largest absolute Gasteiger partial charge is 0.423 e. The lowest BCUT2D eigenvalue weighted by atomic mass is 10.1. The van der Waals surface area contributed by atoms with Crippen molar-refractivity contribution < 1.29 is 22.7 Å². The first-order valence-corrected chi connectivity index (χ1v) is 6.92. The fourth-order valence-electron chi connectivity index (χ4n) is 2.08. The van der Waals surface area contributed by atoms with Crippen molar-refractivity contribution in [3.05, 3.63) is 64.5 Å². The van der Waals surface area contributed by atoms with E-state index in [1.807, 2.05) is 12.8 Å². The van der Waals surface area contributed by atoms with E-state index in [9.17, 15) is 18.0 Å². The van der Waals surface area contributed by atoms with Crippen molar-refractivity contribution in [1.29, 1.82) is 0 Å². The van der Waals surface area contributed by atoms with E-state index >= 15 is 0 Å². The predicted octanol–water partition coefficient (Wildman–Crippen LogP) is 4.26. The molecule has 2 rings (SSSR count). The Hall–Kier alpha value is -2.74. The standard InChI is InChI=1S/C18H13F3O2/c1-3-5-11-6-7-14(15(19)8-11)18(22)23-12-9-16(20)13(4-2)17(21)10-12/h2,6-10H,3,5H2,1H3. The third kappa shape index (κ3) is 3.72. The minimum atomic E-state index is -1.04. The van der Waals surface area contributed by atoms with Crippen LogP contribution in [0.25, 0.3) is 0 Å². The number of carbonyl (C=O) groups is 1. The first-order chi connectivity index (χ1) is 11.0. The van der Waals surface area contributed by atoms with Crippen LogP contribution in [0.2, 0.25) is 0 Å². The van der Waals surface area contributed by atoms with Crippen LogP contribution in [-0.4, -0.2) is 5.97 Å². The van der Waals surface area contributed by atoms with Gasteiger partial charge in [-0.25, -0.2) is 18.0 Å². The molecule has 2 aromatic carbocycles. The quantitative estimate of drug-likeness (QED) is 0.478. The molecule has 0 amide bonds. The first-order valence-electron chi connectivity index (χ1n) is 6.92. The van der Waals surface area contributed by atoms with Gasteiger partial charge in [-0.3, -0.25) is 0 Å². The first kappa shape index (κ1) is 16.6. The Morgan fingerprint density at radius 1 is 1.13 bits per heavy atom. The summed E-state index contributed by atoms with van der Waals surface area (Å²) in [7, 11) is 0. The summed E-state index contributed by atoms with van der Waals surface area (Å²) in [6, 6.07) is 5.68. The number of rotatable bonds is 4. The van der Waals surface area contributed by atoms with Crippen LogP contribution >= 0.6 is 0 Å². The third-order valence-corrected chi connectivity index (χ3v) is 3.16. The van der Waals surface area contributed by atoms with Crippen LogP contribution in [0.3, 0.4) is 0 Å². The van der Waals surface area contributed by atoms with Gasteiger partial charge in [0.05, 0.1) is 11.1 Å². The molecule has 0 saturated carbocycles. The molecule has 0 atom stereocenters. The molecule has 0 aromatic heterocycles. The minimum Gasteiger partial charge on any atom is -0.423 e. The summed E-state index contributed by atoms with van der Waals surface area (Å²) in [5, 5.41) is 0. The van der Waals surface area contributed by atoms with Crippen LogP contribution in [-0.2, 0) is 6.42 Å². The number of carbonyl (C=O) groups excluding carboxylic acids is 1. The Morgan fingerprint density at radius 2 is 1.78 bits per heavy atom. The smallest absolute Gasteiger partial charge is 0.346 e. The van der Waals surface area contributed by atoms with E-state index in [4.69, 9.17) is 11.2 Å². The topological polar surface area (TPSA) is 26.3 Å². The number of hydrogen-bond acceptors (Lipinski definition) is 2. The fourth-order valence-corrected chi connectivity index (χ4v) is 2.08. The van der Waals surface area contributed by atoms with Gasteiger partial charge >= 0.3 is 5.97 Å². The second-order valence-corrected chi connectivity index (χ2v) is 4.86. The second kappa shape index (κ2) is 7.01. The van der Waals surface area contributed by atoms with E-state index in [2.05, 4.69) is 0 Å². The highest BCUT2D eigenvalue weighted by molar-refractivity contribution is 5.91. The molecule has 0 heterocycles. The van der Waals surface area contributed by atoms with E-state index in [1.54, 1.807) is 6.07 Å². The van der Waals surface area contributed by atoms with Crippen molar-refractivity contribution in [1.82, 2.24) is 0 Å². The normalized spacial score (nSPS) is 10.2. The summed E-state index contributed by atoms with van der Waals surface area (Å²) in [5.74, 6) is -2.39. The number of benzene rings is 2. The summed E-state index contributed by atoms with van der Waals surface area (Å²) in [6.45, 7) is 1.95. The zero-order valence-corrected chi connectivity index (χ0v) is 12.3. The Labute approximate surface area is 131 Å². The average molecular weight is 318 g/mol. The molecule has 0 N–H and O–H groups in total. The average Bonchev–Trinajstić information content (AvgIpc) is 2.47. The maximum atomic E-state index is 13.9. The van der Waals surface area contributed by atoms with Crippen molar-refractivity contribution in [2.75, 3.05) is 0 Å². The maximum absolute atomic E-state index is 13.9. The zero-order chi connectivity index (χ0) is 17.0. The van der Waals surface area contributed by atoms with Gasteiger partial charge < -0.3 is 4.74 Å². The molecule has 0 aliphatic rings. The molecule has 118 valence electrons. The number of halogens is 3. The van der Waals surface area contributed by atoms with E-state index in [-0.39, 0.29) is 11.3 Å². The Morgan fingerprint density at radius 3 is 2.30 bits per heavy atom. The molecule has 5 heteroatoms. The molecule has 0 bridgehead atoms. The summed E-state index contributed by atoms with van der Waals surface area (Å²) in [6.07, 6.45) is 6.48. The molecular formula is C18H13F3O2. The van der Waals surface area contributed by atoms with Gasteiger partial charge in [-0.15, -0.1) is 6.42 Å². The van der Waals surface area contributed by atoms with E-state index in [0.29, 0.717) is 6.42 Å². The van der Waals surface area contributed by atoms with Crippen LogP contribution in [0, 0.1) is 29.8 Å². The summed E-state index contributed by atoms with van der Waals surface area (Å²) >= 11 is 0. The van der Waals surface area contributed by atoms with Gasteiger partial charge in [0, 0.05) is 12.1 Å². The van der Waals surface area contributed by atoms with Gasteiger partial charge in [0.15, 0.2) is 0 Å². The molecule has 23 heavy (non-hydrogen) atoms. The second-order valence-electron chi connectivity index (χ2n) is 4.86. The summed E-state index contributed by atoms with van der Waals surface area (Å²) < 4.78 is 45.8. The van der Waals surface area contributed by atoms with Gasteiger partial charge in [-0.2, -0.15) is 0 Å². The zero-order valence-electron chi connectivity index (χ0n) is 12.3. The molecule has 2 nitrogen and oxygen atoms in total. The molecular weight excluding hydrogens is 305 g/mol. The Kier molecular flexibility index (Phi) is 5.07. The van der Waals surface area contributed by atoms with E-state index in [1.165, 1.54) is 12.1 Å². The number of aryl methyl sites for hydroxylation is 1. The van der Waals surface area contributed by atoms with E-state index in [0.717, 1.165) is 24.1 Å². The van der Waals surface area contributed by atoms with Crippen LogP contribution in [0.5, 0.6) is 5.75 Å². The van der Waals surface area contributed by atoms with Crippen LogP contribution < -0.4 is 4.74 Å². The number of esters is 1. The molecule has 0 fully saturated rings. The van der Waals surface area contributed by atoms with Crippen LogP contribution in [0.15, 0.2) is 30.3 Å². The lowest BCUT2D eigenvalue weighted by molar-refractivity contribution is 0.0729. The lowest BCUT2D eigenvalue weighted by Gasteiger charge is -2.08. The maximum Gasteiger partial charge on any atom is 0.346 e. The highest BCUT2D eigenvalue weighted by Gasteiger charge is 2.17. The highest BCUT2D eigenvalue weighted by Crippen LogP contribution is 2.22. The molecule has 0 aliphatic heterocycles. The van der Waals surface area contributed by atoms with E-state index < -0.39 is 29.0 Å². The molecule has 0 radical (unpaired) electrons. The Bertz CT molecular complexity index is 768. The fraction of sp³-hybridized carbons (Fsp3) is 0.167. The van der Waals surface area contributed by atoms with Crippen LogP contribution in [0.4, 0.5) is 13.2 Å². The molecule has 2 aromatic rings. The van der Waals surface area contributed by atoms with Gasteiger partial charge in [0.1, 0.15) is 23.2 Å². The minimum absolute atomic E-state index is 0.313. The molecule has 0 unspecified atom stereocenters. The van der Waals surface area contributed by atoms with Crippen molar-refractivity contribution in [3.63, 3.8) is 0 Å². The number of terminal acetylenes is 1. The predicted molar refractivity (Wildman–Crippen MR) is 79.6 cm³/mol. The number of hydrogen-bond donors (Lipinski definition) is 0. The molecule has 0 spiro atoms. The third-order valence-electron chi connectivity index (χ3n) is 3.16. The van der Waals surface area contributed by atoms with Crippen molar-refractivity contribution in [2.45, 2.75) is 19.8 Å². The van der Waals surface area contributed by atoms with Gasteiger partial charge in [-0.05, 0) is 24.1 Å². The van der Waals surface area contributed by atoms with Crippen molar-refractivity contribution in [3.8, 4) is 18.1 Å². The SMILES string of the molecule is C#Cc1c(F)cc(OC(=O)c2ccc(CCC)cc2F)cc1F. The summed E-state index contributed by atoms with van der Waals surface area (Å²) in [5.41, 5.74) is -0.122. The monoisotopic (exact) mass is 318 g/mol. The van der Waals surface area contributed by atoms with Crippen LogP contribution in [0.1, 0.15) is 34.8 Å². The number of ether oxygens (including phenoxy) is 1. The summed E-state index contributed by atoms with van der Waals surface area (Å²) in [4.78, 5) is 11.9. The van der Waals surface area contributed by atoms with Gasteiger partial charge in [0.2, 0.25) is 0 Å². The lowest BCUT2D eigenvalue weighted by Crippen LogP contribution is -2.11. The molecule has 0 aliphatic carbocycles. The van der Waals surface area contributed by atoms with Gasteiger partial charge in [-0.1, -0.05) is 25.3 Å². The highest BCUT2D eigenvalue weighted by atomic mass is 19.1. The van der Waals surface area contributed by atoms with Gasteiger partial charge in [0.25, 0.3) is 0 Å².